The molecular weight excluding hydrogens is 470 g/mol. The first kappa shape index (κ1) is 25.2. The van der Waals surface area contributed by atoms with Crippen molar-refractivity contribution in [2.45, 2.75) is 39.8 Å². The highest BCUT2D eigenvalue weighted by molar-refractivity contribution is 7.91. The van der Waals surface area contributed by atoms with Crippen molar-refractivity contribution < 1.29 is 27.5 Å². The van der Waals surface area contributed by atoms with E-state index in [0.717, 1.165) is 11.4 Å². The van der Waals surface area contributed by atoms with Gasteiger partial charge < -0.3 is 14.0 Å². The van der Waals surface area contributed by atoms with Crippen LogP contribution in [0, 0.1) is 20.8 Å². The molecule has 0 radical (unpaired) electrons. The number of ether oxygens (including phenoxy) is 2. The third-order valence-corrected chi connectivity index (χ3v) is 7.88. The maximum Gasteiger partial charge on any atom is 0.331 e. The maximum absolute atomic E-state index is 12.6. The van der Waals surface area contributed by atoms with Crippen LogP contribution in [0.4, 0.5) is 0 Å². The number of aromatic nitrogens is 3. The van der Waals surface area contributed by atoms with E-state index < -0.39 is 15.8 Å². The van der Waals surface area contributed by atoms with Crippen molar-refractivity contribution in [3.05, 3.63) is 45.5 Å². The Labute approximate surface area is 198 Å². The fourth-order valence-electron chi connectivity index (χ4n) is 3.96. The summed E-state index contributed by atoms with van der Waals surface area (Å²) in [6, 6.07) is 1.45. The molecule has 1 aliphatic rings. The summed E-state index contributed by atoms with van der Waals surface area (Å²) in [5.74, 6) is -0.887. The van der Waals surface area contributed by atoms with Crippen LogP contribution in [-0.4, -0.2) is 66.3 Å². The number of Topliss-reactive ketones (excluding diaryl/α,β-unsaturated/α-hetero) is 1. The number of carbonyl (C=O) groups is 2. The summed E-state index contributed by atoms with van der Waals surface area (Å²) in [6.45, 7) is 6.24. The van der Waals surface area contributed by atoms with Crippen molar-refractivity contribution in [1.82, 2.24) is 14.3 Å². The number of hydrogen-bond acceptors (Lipinski definition) is 7. The standard InChI is InChI=1S/C22H28ClN3O6S/c1-14-11-19(16(3)25(14)8-9-31-4)20(27)12-32-21(28)6-5-18-15(2)24-26(22(18)23)17-7-10-33(29,30)13-17/h5-6,11,17H,7-10,12-13H2,1-4H3/b6-5-/t17-/m1/s1. The molecule has 11 heteroatoms. The second-order valence-corrected chi connectivity index (χ2v) is 10.7. The Morgan fingerprint density at radius 1 is 1.30 bits per heavy atom. The van der Waals surface area contributed by atoms with Crippen molar-refractivity contribution in [3.63, 3.8) is 0 Å². The summed E-state index contributed by atoms with van der Waals surface area (Å²) in [4.78, 5) is 24.8. The Hall–Kier alpha value is -2.43. The molecule has 3 rings (SSSR count). The average Bonchev–Trinajstić information content (AvgIpc) is 3.36. The first-order valence-electron chi connectivity index (χ1n) is 10.5. The summed E-state index contributed by atoms with van der Waals surface area (Å²) in [5, 5.41) is 4.60. The van der Waals surface area contributed by atoms with Gasteiger partial charge >= 0.3 is 5.97 Å². The van der Waals surface area contributed by atoms with Gasteiger partial charge in [0.05, 0.1) is 29.8 Å². The zero-order chi connectivity index (χ0) is 24.3. The Morgan fingerprint density at radius 3 is 2.67 bits per heavy atom. The molecule has 0 bridgehead atoms. The molecule has 0 N–H and O–H groups in total. The zero-order valence-corrected chi connectivity index (χ0v) is 20.7. The first-order valence-corrected chi connectivity index (χ1v) is 12.7. The molecule has 1 fully saturated rings. The minimum atomic E-state index is -3.09. The number of nitrogens with zero attached hydrogens (tertiary/aromatic N) is 3. The van der Waals surface area contributed by atoms with Gasteiger partial charge in [-0.05, 0) is 39.3 Å². The lowest BCUT2D eigenvalue weighted by atomic mass is 10.1. The number of ketones is 1. The van der Waals surface area contributed by atoms with Crippen LogP contribution in [0.3, 0.4) is 0 Å². The maximum atomic E-state index is 12.6. The van der Waals surface area contributed by atoms with Crippen LogP contribution in [0.15, 0.2) is 12.1 Å². The smallest absolute Gasteiger partial charge is 0.331 e. The molecule has 0 aliphatic carbocycles. The molecule has 2 aromatic rings. The van der Waals surface area contributed by atoms with E-state index in [-0.39, 0.29) is 35.1 Å². The number of hydrogen-bond donors (Lipinski definition) is 0. The summed E-state index contributed by atoms with van der Waals surface area (Å²) in [5.41, 5.74) is 3.30. The van der Waals surface area contributed by atoms with Gasteiger partial charge in [0, 0.05) is 42.2 Å². The predicted octanol–water partition coefficient (Wildman–Crippen LogP) is 2.71. The van der Waals surface area contributed by atoms with Crippen molar-refractivity contribution in [2.24, 2.45) is 0 Å². The lowest BCUT2D eigenvalue weighted by Gasteiger charge is -2.09. The molecule has 0 amide bonds. The van der Waals surface area contributed by atoms with E-state index in [0.29, 0.717) is 36.4 Å². The van der Waals surface area contributed by atoms with Gasteiger partial charge in [-0.25, -0.2) is 17.9 Å². The first-order chi connectivity index (χ1) is 15.5. The van der Waals surface area contributed by atoms with Crippen molar-refractivity contribution in [1.29, 1.82) is 0 Å². The van der Waals surface area contributed by atoms with Crippen LogP contribution in [-0.2, 0) is 30.7 Å². The summed E-state index contributed by atoms with van der Waals surface area (Å²) in [6.07, 6.45) is 3.09. The molecule has 0 aromatic carbocycles. The van der Waals surface area contributed by atoms with E-state index in [1.165, 1.54) is 16.8 Å². The molecule has 9 nitrogen and oxygen atoms in total. The lowest BCUT2D eigenvalue weighted by molar-refractivity contribution is -0.136. The fourth-order valence-corrected chi connectivity index (χ4v) is 6.02. The lowest BCUT2D eigenvalue weighted by Crippen LogP contribution is -2.14. The molecule has 180 valence electrons. The van der Waals surface area contributed by atoms with E-state index in [9.17, 15) is 18.0 Å². The van der Waals surface area contributed by atoms with Crippen molar-refractivity contribution >= 4 is 39.3 Å². The quantitative estimate of drug-likeness (QED) is 0.297. The van der Waals surface area contributed by atoms with Crippen molar-refractivity contribution in [3.8, 4) is 0 Å². The van der Waals surface area contributed by atoms with Crippen LogP contribution >= 0.6 is 11.6 Å². The van der Waals surface area contributed by atoms with Gasteiger partial charge in [-0.2, -0.15) is 5.10 Å². The minimum absolute atomic E-state index is 0.00671. The molecule has 0 unspecified atom stereocenters. The molecule has 3 heterocycles. The Bertz CT molecular complexity index is 1200. The van der Waals surface area contributed by atoms with Crippen LogP contribution in [0.2, 0.25) is 5.15 Å². The van der Waals surface area contributed by atoms with Gasteiger partial charge in [-0.15, -0.1) is 0 Å². The van der Waals surface area contributed by atoms with E-state index in [2.05, 4.69) is 5.10 Å². The monoisotopic (exact) mass is 497 g/mol. The summed E-state index contributed by atoms with van der Waals surface area (Å²) < 4.78 is 37.2. The third-order valence-electron chi connectivity index (χ3n) is 5.75. The van der Waals surface area contributed by atoms with Gasteiger partial charge in [-0.1, -0.05) is 11.6 Å². The molecule has 1 saturated heterocycles. The molecule has 0 saturated carbocycles. The van der Waals surface area contributed by atoms with Gasteiger partial charge in [0.2, 0.25) is 5.78 Å². The highest BCUT2D eigenvalue weighted by atomic mass is 35.5. The number of methoxy groups -OCH3 is 1. The second kappa shape index (κ2) is 10.2. The zero-order valence-electron chi connectivity index (χ0n) is 19.1. The molecule has 2 aromatic heterocycles. The number of carbonyl (C=O) groups excluding carboxylic acids is 2. The largest absolute Gasteiger partial charge is 0.454 e. The fraction of sp³-hybridized carbons (Fsp3) is 0.500. The van der Waals surface area contributed by atoms with Gasteiger partial charge in [0.25, 0.3) is 0 Å². The number of rotatable bonds is 9. The number of esters is 1. The van der Waals surface area contributed by atoms with E-state index in [4.69, 9.17) is 21.1 Å². The third kappa shape index (κ3) is 5.74. The van der Waals surface area contributed by atoms with E-state index >= 15 is 0 Å². The van der Waals surface area contributed by atoms with Crippen LogP contribution in [0.5, 0.6) is 0 Å². The van der Waals surface area contributed by atoms with Gasteiger partial charge in [0.15, 0.2) is 16.4 Å². The topological polar surface area (TPSA) is 109 Å². The Kier molecular flexibility index (Phi) is 7.81. The molecule has 1 aliphatic heterocycles. The molecular formula is C22H28ClN3O6S. The normalized spacial score (nSPS) is 17.7. The number of aryl methyl sites for hydroxylation is 2. The van der Waals surface area contributed by atoms with Crippen LogP contribution in [0.25, 0.3) is 6.08 Å². The summed E-state index contributed by atoms with van der Waals surface area (Å²) in [7, 11) is -1.47. The van der Waals surface area contributed by atoms with Gasteiger partial charge in [0.1, 0.15) is 5.15 Å². The number of halogens is 1. The average molecular weight is 498 g/mol. The predicted molar refractivity (Wildman–Crippen MR) is 124 cm³/mol. The molecule has 33 heavy (non-hydrogen) atoms. The van der Waals surface area contributed by atoms with E-state index in [1.54, 1.807) is 20.1 Å². The van der Waals surface area contributed by atoms with Gasteiger partial charge in [-0.3, -0.25) is 4.79 Å². The van der Waals surface area contributed by atoms with Crippen LogP contribution in [0.1, 0.15) is 45.5 Å². The Balaban J connectivity index is 1.63. The minimum Gasteiger partial charge on any atom is -0.454 e. The van der Waals surface area contributed by atoms with Crippen molar-refractivity contribution in [2.75, 3.05) is 31.8 Å². The Morgan fingerprint density at radius 2 is 2.03 bits per heavy atom. The van der Waals surface area contributed by atoms with E-state index in [1.807, 2.05) is 18.4 Å². The SMILES string of the molecule is COCCn1c(C)cc(C(=O)COC(=O)/C=C\c2c(C)nn([C@@H]3CCS(=O)(=O)C3)c2Cl)c1C. The molecule has 1 atom stereocenters. The highest BCUT2D eigenvalue weighted by Gasteiger charge is 2.31. The second-order valence-electron chi connectivity index (χ2n) is 8.08. The number of sulfone groups is 1. The molecule has 0 spiro atoms. The highest BCUT2D eigenvalue weighted by Crippen LogP contribution is 2.30. The summed E-state index contributed by atoms with van der Waals surface area (Å²) >= 11 is 6.40. The van der Waals surface area contributed by atoms with Crippen LogP contribution < -0.4 is 0 Å².